The summed E-state index contributed by atoms with van der Waals surface area (Å²) < 4.78 is 20.4. The van der Waals surface area contributed by atoms with Gasteiger partial charge in [0.2, 0.25) is 0 Å². The molecule has 1 aromatic carbocycles. The first-order valence-corrected chi connectivity index (χ1v) is 6.92. The maximum Gasteiger partial charge on any atom is 0.358 e. The lowest BCUT2D eigenvalue weighted by molar-refractivity contribution is 0.0596. The molecule has 3 aromatic rings. The van der Waals surface area contributed by atoms with Crippen LogP contribution in [0.2, 0.25) is 0 Å². The summed E-state index contributed by atoms with van der Waals surface area (Å²) in [5.74, 6) is -0.879. The zero-order chi connectivity index (χ0) is 15.0. The third kappa shape index (κ3) is 2.31. The lowest BCUT2D eigenvalue weighted by Gasteiger charge is -2.06. The molecule has 0 aliphatic carbocycles. The summed E-state index contributed by atoms with van der Waals surface area (Å²) in [5, 5.41) is 0. The van der Waals surface area contributed by atoms with Gasteiger partial charge in [-0.3, -0.25) is 4.40 Å². The van der Waals surface area contributed by atoms with Crippen LogP contribution in [-0.2, 0) is 4.74 Å². The average Bonchev–Trinajstić information content (AvgIpc) is 2.88. The van der Waals surface area contributed by atoms with E-state index in [0.29, 0.717) is 16.9 Å². The summed E-state index contributed by atoms with van der Waals surface area (Å²) >= 11 is 3.44. The van der Waals surface area contributed by atoms with E-state index in [4.69, 9.17) is 4.74 Å². The van der Waals surface area contributed by atoms with Gasteiger partial charge in [0.15, 0.2) is 5.69 Å². The molecule has 2 aromatic heterocycles. The molecule has 0 amide bonds. The van der Waals surface area contributed by atoms with Gasteiger partial charge in [0, 0.05) is 5.56 Å². The molecule has 0 aliphatic heterocycles. The molecule has 0 aliphatic rings. The van der Waals surface area contributed by atoms with E-state index in [1.807, 2.05) is 12.1 Å². The first-order chi connectivity index (χ1) is 10.1. The number of carbonyl (C=O) groups excluding carboxylic acids is 1. The van der Waals surface area contributed by atoms with E-state index in [1.54, 1.807) is 22.6 Å². The number of carbonyl (C=O) groups is 1. The highest BCUT2D eigenvalue weighted by Crippen LogP contribution is 2.29. The Bertz CT molecular complexity index is 828. The Morgan fingerprint density at radius 2 is 1.95 bits per heavy atom. The lowest BCUT2D eigenvalue weighted by Crippen LogP contribution is -2.04. The maximum atomic E-state index is 13.1. The SMILES string of the molecule is COC(=O)c1nc2cccc(Br)n2c1-c1ccc(F)cc1. The number of ether oxygens (including phenoxy) is 1. The van der Waals surface area contributed by atoms with Gasteiger partial charge in [-0.1, -0.05) is 6.07 Å². The monoisotopic (exact) mass is 348 g/mol. The van der Waals surface area contributed by atoms with Crippen LogP contribution < -0.4 is 0 Å². The van der Waals surface area contributed by atoms with Crippen molar-refractivity contribution in [1.82, 2.24) is 9.38 Å². The largest absolute Gasteiger partial charge is 0.464 e. The van der Waals surface area contributed by atoms with Gasteiger partial charge in [0.1, 0.15) is 11.5 Å². The van der Waals surface area contributed by atoms with Gasteiger partial charge in [-0.25, -0.2) is 14.2 Å². The van der Waals surface area contributed by atoms with Crippen molar-refractivity contribution in [3.05, 3.63) is 58.6 Å². The zero-order valence-electron chi connectivity index (χ0n) is 11.0. The summed E-state index contributed by atoms with van der Waals surface area (Å²) in [5.41, 5.74) is 2.03. The van der Waals surface area contributed by atoms with Crippen molar-refractivity contribution < 1.29 is 13.9 Å². The highest BCUT2D eigenvalue weighted by Gasteiger charge is 2.22. The fourth-order valence-electron chi connectivity index (χ4n) is 2.17. The molecule has 0 fully saturated rings. The van der Waals surface area contributed by atoms with E-state index < -0.39 is 5.97 Å². The number of fused-ring (bicyclic) bond motifs is 1. The Labute approximate surface area is 128 Å². The molecule has 6 heteroatoms. The number of esters is 1. The number of nitrogens with zero attached hydrogens (tertiary/aromatic N) is 2. The molecule has 0 N–H and O–H groups in total. The summed E-state index contributed by atoms with van der Waals surface area (Å²) in [7, 11) is 1.30. The van der Waals surface area contributed by atoms with Crippen LogP contribution in [0.15, 0.2) is 47.1 Å². The van der Waals surface area contributed by atoms with Gasteiger partial charge in [0.25, 0.3) is 0 Å². The van der Waals surface area contributed by atoms with Crippen LogP contribution in [0.1, 0.15) is 10.5 Å². The fraction of sp³-hybridized carbons (Fsp3) is 0.0667. The van der Waals surface area contributed by atoms with Gasteiger partial charge in [-0.15, -0.1) is 0 Å². The molecule has 2 heterocycles. The Balaban J connectivity index is 2.37. The van der Waals surface area contributed by atoms with E-state index in [1.165, 1.54) is 19.2 Å². The highest BCUT2D eigenvalue weighted by molar-refractivity contribution is 9.10. The zero-order valence-corrected chi connectivity index (χ0v) is 12.6. The second-order valence-corrected chi connectivity index (χ2v) is 5.16. The van der Waals surface area contributed by atoms with Crippen LogP contribution in [0, 0.1) is 5.82 Å². The number of aromatic nitrogens is 2. The molecule has 0 atom stereocenters. The molecule has 0 saturated heterocycles. The Hall–Kier alpha value is -2.21. The number of methoxy groups -OCH3 is 1. The van der Waals surface area contributed by atoms with Gasteiger partial charge in [0.05, 0.1) is 17.4 Å². The van der Waals surface area contributed by atoms with E-state index in [9.17, 15) is 9.18 Å². The van der Waals surface area contributed by atoms with Crippen LogP contribution in [-0.4, -0.2) is 22.5 Å². The average molecular weight is 349 g/mol. The summed E-state index contributed by atoms with van der Waals surface area (Å²) in [6.45, 7) is 0. The first kappa shape index (κ1) is 13.8. The van der Waals surface area contributed by atoms with E-state index in [0.717, 1.165) is 4.60 Å². The second-order valence-electron chi connectivity index (χ2n) is 4.35. The summed E-state index contributed by atoms with van der Waals surface area (Å²) in [6, 6.07) is 11.3. The minimum absolute atomic E-state index is 0.191. The molecule has 4 nitrogen and oxygen atoms in total. The molecule has 21 heavy (non-hydrogen) atoms. The molecular formula is C15H10BrFN2O2. The van der Waals surface area contributed by atoms with Crippen molar-refractivity contribution in [1.29, 1.82) is 0 Å². The van der Waals surface area contributed by atoms with Crippen molar-refractivity contribution in [2.45, 2.75) is 0 Å². The van der Waals surface area contributed by atoms with Crippen LogP contribution >= 0.6 is 15.9 Å². The predicted molar refractivity (Wildman–Crippen MR) is 79.6 cm³/mol. The minimum atomic E-state index is -0.537. The van der Waals surface area contributed by atoms with Gasteiger partial charge in [-0.2, -0.15) is 0 Å². The standard InChI is InChI=1S/C15H10BrFN2O2/c1-21-15(20)13-14(9-5-7-10(17)8-6-9)19-11(16)3-2-4-12(19)18-13/h2-8H,1H3. The van der Waals surface area contributed by atoms with Crippen molar-refractivity contribution >= 4 is 27.5 Å². The molecule has 0 spiro atoms. The van der Waals surface area contributed by atoms with Crippen molar-refractivity contribution in [3.8, 4) is 11.3 Å². The second kappa shape index (κ2) is 5.29. The van der Waals surface area contributed by atoms with Crippen molar-refractivity contribution in [3.63, 3.8) is 0 Å². The topological polar surface area (TPSA) is 43.6 Å². The number of hydrogen-bond acceptors (Lipinski definition) is 3. The lowest BCUT2D eigenvalue weighted by atomic mass is 10.1. The molecule has 0 bridgehead atoms. The molecule has 0 saturated carbocycles. The third-order valence-corrected chi connectivity index (χ3v) is 3.71. The van der Waals surface area contributed by atoms with Crippen molar-refractivity contribution in [2.75, 3.05) is 7.11 Å². The summed E-state index contributed by atoms with van der Waals surface area (Å²) in [6.07, 6.45) is 0. The van der Waals surface area contributed by atoms with Crippen molar-refractivity contribution in [2.24, 2.45) is 0 Å². The summed E-state index contributed by atoms with van der Waals surface area (Å²) in [4.78, 5) is 16.3. The molecule has 0 unspecified atom stereocenters. The number of imidazole rings is 1. The molecular weight excluding hydrogens is 339 g/mol. The number of hydrogen-bond donors (Lipinski definition) is 0. The third-order valence-electron chi connectivity index (χ3n) is 3.09. The predicted octanol–water partition coefficient (Wildman–Crippen LogP) is 3.69. The van der Waals surface area contributed by atoms with Crippen LogP contribution in [0.5, 0.6) is 0 Å². The Morgan fingerprint density at radius 3 is 2.62 bits per heavy atom. The normalized spacial score (nSPS) is 10.8. The number of halogens is 2. The fourth-order valence-corrected chi connectivity index (χ4v) is 2.68. The van der Waals surface area contributed by atoms with E-state index in [-0.39, 0.29) is 11.5 Å². The molecule has 0 radical (unpaired) electrons. The number of pyridine rings is 1. The van der Waals surface area contributed by atoms with E-state index in [2.05, 4.69) is 20.9 Å². The molecule has 3 rings (SSSR count). The Kier molecular flexibility index (Phi) is 3.47. The van der Waals surface area contributed by atoms with Crippen LogP contribution in [0.25, 0.3) is 16.9 Å². The maximum absolute atomic E-state index is 13.1. The van der Waals surface area contributed by atoms with Gasteiger partial charge < -0.3 is 4.74 Å². The van der Waals surface area contributed by atoms with Gasteiger partial charge >= 0.3 is 5.97 Å². The van der Waals surface area contributed by atoms with Gasteiger partial charge in [-0.05, 0) is 52.3 Å². The Morgan fingerprint density at radius 1 is 1.24 bits per heavy atom. The van der Waals surface area contributed by atoms with Crippen LogP contribution in [0.3, 0.4) is 0 Å². The molecule has 106 valence electrons. The number of rotatable bonds is 2. The minimum Gasteiger partial charge on any atom is -0.464 e. The first-order valence-electron chi connectivity index (χ1n) is 6.13. The van der Waals surface area contributed by atoms with Crippen LogP contribution in [0.4, 0.5) is 4.39 Å². The van der Waals surface area contributed by atoms with E-state index >= 15 is 0 Å². The number of benzene rings is 1. The highest BCUT2D eigenvalue weighted by atomic mass is 79.9. The smallest absolute Gasteiger partial charge is 0.358 e. The quantitative estimate of drug-likeness (QED) is 0.524.